The van der Waals surface area contributed by atoms with E-state index in [0.29, 0.717) is 0 Å². The number of carbonyl (C=O) groups excluding carboxylic acids is 1. The summed E-state index contributed by atoms with van der Waals surface area (Å²) in [4.78, 5) is 22.3. The Bertz CT molecular complexity index is 938. The van der Waals surface area contributed by atoms with Gasteiger partial charge in [0.2, 0.25) is 11.5 Å². The molecule has 3 rings (SSSR count). The van der Waals surface area contributed by atoms with Crippen LogP contribution < -0.4 is 4.74 Å². The first kappa shape index (κ1) is 16.1. The Morgan fingerprint density at radius 1 is 1.17 bits per heavy atom. The van der Waals surface area contributed by atoms with E-state index >= 15 is 0 Å². The number of allylic oxidation sites excluding steroid dienone is 1. The predicted molar refractivity (Wildman–Crippen MR) is 85.8 cm³/mol. The predicted octanol–water partition coefficient (Wildman–Crippen LogP) is 3.93. The summed E-state index contributed by atoms with van der Waals surface area (Å²) >= 11 is 11.8. The van der Waals surface area contributed by atoms with Crippen LogP contribution in [0.3, 0.4) is 0 Å². The SMILES string of the molecule is O=C1C(=Cc2cc(O)c(O)c([N+](=O)[O-])c2)Oc2c(Cl)cc(Cl)cc21. The molecule has 122 valence electrons. The molecule has 2 aromatic carbocycles. The third-order valence-electron chi connectivity index (χ3n) is 3.28. The zero-order valence-electron chi connectivity index (χ0n) is 11.6. The zero-order chi connectivity index (χ0) is 17.6. The van der Waals surface area contributed by atoms with Crippen LogP contribution in [0.4, 0.5) is 5.69 Å². The van der Waals surface area contributed by atoms with Crippen LogP contribution in [0.15, 0.2) is 30.0 Å². The molecule has 1 aliphatic heterocycles. The second-order valence-electron chi connectivity index (χ2n) is 4.87. The van der Waals surface area contributed by atoms with E-state index in [-0.39, 0.29) is 32.7 Å². The fraction of sp³-hybridized carbons (Fsp3) is 0. The van der Waals surface area contributed by atoms with Gasteiger partial charge in [0.05, 0.1) is 15.5 Å². The summed E-state index contributed by atoms with van der Waals surface area (Å²) in [5, 5.41) is 30.3. The van der Waals surface area contributed by atoms with Gasteiger partial charge in [-0.25, -0.2) is 0 Å². The lowest BCUT2D eigenvalue weighted by Gasteiger charge is -2.03. The van der Waals surface area contributed by atoms with Crippen LogP contribution in [0.5, 0.6) is 17.2 Å². The van der Waals surface area contributed by atoms with Gasteiger partial charge in [0.1, 0.15) is 0 Å². The second kappa shape index (κ2) is 5.70. The molecule has 1 aliphatic rings. The molecule has 0 atom stereocenters. The molecular weight excluding hydrogens is 361 g/mol. The molecule has 0 saturated heterocycles. The molecule has 2 N–H and O–H groups in total. The molecule has 0 spiro atoms. The smallest absolute Gasteiger partial charge is 0.315 e. The van der Waals surface area contributed by atoms with Crippen molar-refractivity contribution in [3.63, 3.8) is 0 Å². The van der Waals surface area contributed by atoms with Gasteiger partial charge in [0.15, 0.2) is 17.3 Å². The van der Waals surface area contributed by atoms with Crippen molar-refractivity contribution < 1.29 is 24.7 Å². The van der Waals surface area contributed by atoms with Crippen LogP contribution in [0, 0.1) is 10.1 Å². The van der Waals surface area contributed by atoms with E-state index in [4.69, 9.17) is 27.9 Å². The normalized spacial score (nSPS) is 14.6. The summed E-state index contributed by atoms with van der Waals surface area (Å²) < 4.78 is 5.39. The molecule has 0 saturated carbocycles. The molecule has 0 unspecified atom stereocenters. The van der Waals surface area contributed by atoms with E-state index in [1.807, 2.05) is 0 Å². The van der Waals surface area contributed by atoms with Crippen molar-refractivity contribution in [2.75, 3.05) is 0 Å². The summed E-state index contributed by atoms with van der Waals surface area (Å²) in [6.07, 6.45) is 1.19. The first-order chi connectivity index (χ1) is 11.3. The Morgan fingerprint density at radius 2 is 1.88 bits per heavy atom. The van der Waals surface area contributed by atoms with Crippen molar-refractivity contribution in [2.24, 2.45) is 0 Å². The zero-order valence-corrected chi connectivity index (χ0v) is 13.1. The van der Waals surface area contributed by atoms with Gasteiger partial charge in [-0.2, -0.15) is 0 Å². The number of nitro benzene ring substituents is 1. The molecule has 7 nitrogen and oxygen atoms in total. The maximum atomic E-state index is 12.3. The number of nitrogens with zero attached hydrogens (tertiary/aromatic N) is 1. The Balaban J connectivity index is 2.07. The van der Waals surface area contributed by atoms with E-state index in [0.717, 1.165) is 12.1 Å². The average Bonchev–Trinajstić information content (AvgIpc) is 2.80. The van der Waals surface area contributed by atoms with Gasteiger partial charge in [0.25, 0.3) is 0 Å². The molecule has 9 heteroatoms. The van der Waals surface area contributed by atoms with Crippen molar-refractivity contribution in [1.29, 1.82) is 0 Å². The largest absolute Gasteiger partial charge is 0.504 e. The third-order valence-corrected chi connectivity index (χ3v) is 3.77. The highest BCUT2D eigenvalue weighted by atomic mass is 35.5. The minimum Gasteiger partial charge on any atom is -0.504 e. The van der Waals surface area contributed by atoms with Crippen molar-refractivity contribution in [1.82, 2.24) is 0 Å². The molecule has 0 aliphatic carbocycles. The summed E-state index contributed by atoms with van der Waals surface area (Å²) in [5.41, 5.74) is -0.447. The van der Waals surface area contributed by atoms with Gasteiger partial charge < -0.3 is 14.9 Å². The number of hydrogen-bond donors (Lipinski definition) is 2. The molecule has 0 bridgehead atoms. The highest BCUT2D eigenvalue weighted by Crippen LogP contribution is 2.41. The van der Waals surface area contributed by atoms with Crippen LogP contribution in [0.2, 0.25) is 10.0 Å². The highest BCUT2D eigenvalue weighted by molar-refractivity contribution is 6.37. The first-order valence-electron chi connectivity index (χ1n) is 6.41. The molecule has 1 heterocycles. The van der Waals surface area contributed by atoms with E-state index in [1.165, 1.54) is 18.2 Å². The molecule has 0 fully saturated rings. The Kier molecular flexibility index (Phi) is 3.82. The molecule has 0 amide bonds. The first-order valence-corrected chi connectivity index (χ1v) is 7.17. The second-order valence-corrected chi connectivity index (χ2v) is 5.71. The van der Waals surface area contributed by atoms with Crippen LogP contribution in [0.1, 0.15) is 15.9 Å². The summed E-state index contributed by atoms with van der Waals surface area (Å²) in [6, 6.07) is 4.86. The van der Waals surface area contributed by atoms with Gasteiger partial charge in [-0.1, -0.05) is 23.2 Å². The van der Waals surface area contributed by atoms with E-state index in [9.17, 15) is 25.1 Å². The van der Waals surface area contributed by atoms with Crippen molar-refractivity contribution >= 4 is 40.7 Å². The molecule has 24 heavy (non-hydrogen) atoms. The number of rotatable bonds is 2. The third kappa shape index (κ3) is 2.64. The number of ketones is 1. The standard InChI is InChI=1S/C15H7Cl2NO6/c16-7-4-8-13(20)12(24-15(8)9(17)5-7)3-6-1-10(18(22)23)14(21)11(19)2-6/h1-5,19,21H. The maximum Gasteiger partial charge on any atom is 0.315 e. The van der Waals surface area contributed by atoms with Crippen molar-refractivity contribution in [3.05, 3.63) is 61.3 Å². The van der Waals surface area contributed by atoms with Gasteiger partial charge in [-0.15, -0.1) is 0 Å². The molecule has 0 radical (unpaired) electrons. The number of fused-ring (bicyclic) bond motifs is 1. The number of aromatic hydroxyl groups is 2. The minimum absolute atomic E-state index is 0.0929. The van der Waals surface area contributed by atoms with Crippen LogP contribution in [-0.4, -0.2) is 20.9 Å². The number of carbonyl (C=O) groups is 1. The van der Waals surface area contributed by atoms with Gasteiger partial charge >= 0.3 is 5.69 Å². The monoisotopic (exact) mass is 367 g/mol. The number of nitro groups is 1. The van der Waals surface area contributed by atoms with E-state index in [2.05, 4.69) is 0 Å². The number of hydrogen-bond acceptors (Lipinski definition) is 6. The number of Topliss-reactive ketones (excluding diaryl/α,β-unsaturated/α-hetero) is 1. The van der Waals surface area contributed by atoms with E-state index < -0.39 is 27.9 Å². The van der Waals surface area contributed by atoms with Gasteiger partial charge in [-0.3, -0.25) is 14.9 Å². The van der Waals surface area contributed by atoms with Crippen molar-refractivity contribution in [2.45, 2.75) is 0 Å². The topological polar surface area (TPSA) is 110 Å². The Hall–Kier alpha value is -2.77. The van der Waals surface area contributed by atoms with Gasteiger partial charge in [0, 0.05) is 11.1 Å². The summed E-state index contributed by atoms with van der Waals surface area (Å²) in [5.74, 6) is -2.08. The number of phenols is 2. The summed E-state index contributed by atoms with van der Waals surface area (Å²) in [6.45, 7) is 0. The fourth-order valence-corrected chi connectivity index (χ4v) is 2.75. The molecule has 0 aromatic heterocycles. The van der Waals surface area contributed by atoms with Gasteiger partial charge in [-0.05, 0) is 29.8 Å². The fourth-order valence-electron chi connectivity index (χ4n) is 2.22. The number of phenolic OH excluding ortho intramolecular Hbond substituents is 2. The number of ether oxygens (including phenoxy) is 1. The van der Waals surface area contributed by atoms with Crippen LogP contribution in [-0.2, 0) is 0 Å². The maximum absolute atomic E-state index is 12.3. The van der Waals surface area contributed by atoms with Crippen molar-refractivity contribution in [3.8, 4) is 17.2 Å². The lowest BCUT2D eigenvalue weighted by molar-refractivity contribution is -0.386. The van der Waals surface area contributed by atoms with Crippen LogP contribution in [0.25, 0.3) is 6.08 Å². The highest BCUT2D eigenvalue weighted by Gasteiger charge is 2.30. The number of halogens is 2. The molecule has 2 aromatic rings. The number of benzene rings is 2. The Labute approximate surface area is 144 Å². The quantitative estimate of drug-likeness (QED) is 0.360. The van der Waals surface area contributed by atoms with E-state index in [1.54, 1.807) is 0 Å². The van der Waals surface area contributed by atoms with Crippen LogP contribution >= 0.6 is 23.2 Å². The lowest BCUT2D eigenvalue weighted by atomic mass is 10.1. The minimum atomic E-state index is -0.862. The summed E-state index contributed by atoms with van der Waals surface area (Å²) in [7, 11) is 0. The Morgan fingerprint density at radius 3 is 2.54 bits per heavy atom. The average molecular weight is 368 g/mol. The lowest BCUT2D eigenvalue weighted by Crippen LogP contribution is -1.98. The molecular formula is C15H7Cl2NO6.